The molecule has 0 unspecified atom stereocenters. The maximum Gasteiger partial charge on any atom is 0.251 e. The molecule has 1 aromatic heterocycles. The number of aromatic nitrogens is 1. The van der Waals surface area contributed by atoms with Crippen LogP contribution in [0.15, 0.2) is 29.1 Å². The Morgan fingerprint density at radius 1 is 1.17 bits per heavy atom. The van der Waals surface area contributed by atoms with Crippen molar-refractivity contribution >= 4 is 16.8 Å². The van der Waals surface area contributed by atoms with Crippen molar-refractivity contribution < 1.29 is 4.79 Å². The van der Waals surface area contributed by atoms with E-state index >= 15 is 0 Å². The highest BCUT2D eigenvalue weighted by atomic mass is 16.2. The summed E-state index contributed by atoms with van der Waals surface area (Å²) in [5.74, 6) is -0.0626. The Hall–Kier alpha value is -2.10. The number of nitrogens with zero attached hydrogens (tertiary/aromatic N) is 1. The van der Waals surface area contributed by atoms with Crippen LogP contribution >= 0.6 is 0 Å². The highest BCUT2D eigenvalue weighted by molar-refractivity contribution is 5.87. The zero-order valence-electron chi connectivity index (χ0n) is 13.9. The van der Waals surface area contributed by atoms with E-state index in [9.17, 15) is 9.59 Å². The number of nitrogens with one attached hydrogen (secondary N) is 1. The number of fused-ring (bicyclic) bond motifs is 1. The van der Waals surface area contributed by atoms with E-state index in [2.05, 4.69) is 5.32 Å². The molecule has 1 amide bonds. The molecule has 4 heteroatoms. The number of aryl methyl sites for hydroxylation is 2. The number of amides is 1. The Morgan fingerprint density at radius 2 is 1.91 bits per heavy atom. The SMILES string of the molecule is Cc1cc(=O)n(CC(=O)NC2CCCCC2)c2c(C)cccc12. The third-order valence-corrected chi connectivity index (χ3v) is 4.81. The number of hydrogen-bond donors (Lipinski definition) is 1. The van der Waals surface area contributed by atoms with Crippen LogP contribution in [-0.4, -0.2) is 16.5 Å². The van der Waals surface area contributed by atoms with Crippen molar-refractivity contribution in [3.8, 4) is 0 Å². The average molecular weight is 312 g/mol. The molecule has 0 spiro atoms. The van der Waals surface area contributed by atoms with Crippen molar-refractivity contribution in [2.75, 3.05) is 0 Å². The lowest BCUT2D eigenvalue weighted by Crippen LogP contribution is -2.40. The summed E-state index contributed by atoms with van der Waals surface area (Å²) < 4.78 is 1.61. The third kappa shape index (κ3) is 3.31. The Kier molecular flexibility index (Phi) is 4.51. The summed E-state index contributed by atoms with van der Waals surface area (Å²) in [6.45, 7) is 4.02. The molecule has 0 bridgehead atoms. The monoisotopic (exact) mass is 312 g/mol. The molecule has 122 valence electrons. The van der Waals surface area contributed by atoms with Crippen molar-refractivity contribution in [1.82, 2.24) is 9.88 Å². The van der Waals surface area contributed by atoms with Crippen molar-refractivity contribution in [2.24, 2.45) is 0 Å². The molecule has 1 N–H and O–H groups in total. The van der Waals surface area contributed by atoms with Crippen LogP contribution in [0.4, 0.5) is 0 Å². The molecule has 1 aliphatic carbocycles. The molecule has 1 heterocycles. The van der Waals surface area contributed by atoms with Crippen LogP contribution in [0.3, 0.4) is 0 Å². The van der Waals surface area contributed by atoms with Crippen LogP contribution in [0.25, 0.3) is 10.9 Å². The normalized spacial score (nSPS) is 15.7. The molecule has 1 aliphatic rings. The van der Waals surface area contributed by atoms with Gasteiger partial charge in [0.1, 0.15) is 6.54 Å². The second kappa shape index (κ2) is 6.57. The fourth-order valence-corrected chi connectivity index (χ4v) is 3.61. The Morgan fingerprint density at radius 3 is 2.65 bits per heavy atom. The molecule has 1 saturated carbocycles. The quantitative estimate of drug-likeness (QED) is 0.947. The lowest BCUT2D eigenvalue weighted by atomic mass is 9.95. The molecule has 3 rings (SSSR count). The number of carbonyl (C=O) groups excluding carboxylic acids is 1. The van der Waals surface area contributed by atoms with Crippen LogP contribution in [0.1, 0.15) is 43.2 Å². The molecule has 1 aromatic carbocycles. The molecule has 2 aromatic rings. The highest BCUT2D eigenvalue weighted by Crippen LogP contribution is 2.20. The zero-order valence-corrected chi connectivity index (χ0v) is 13.9. The first-order chi connectivity index (χ1) is 11.1. The van der Waals surface area contributed by atoms with Crippen molar-refractivity contribution in [3.05, 3.63) is 45.7 Å². The predicted molar refractivity (Wildman–Crippen MR) is 92.7 cm³/mol. The van der Waals surface area contributed by atoms with E-state index in [1.54, 1.807) is 10.6 Å². The van der Waals surface area contributed by atoms with Gasteiger partial charge in [0.25, 0.3) is 5.56 Å². The van der Waals surface area contributed by atoms with Gasteiger partial charge in [-0.2, -0.15) is 0 Å². The molecular weight excluding hydrogens is 288 g/mol. The summed E-state index contributed by atoms with van der Waals surface area (Å²) in [6.07, 6.45) is 5.71. The molecule has 0 atom stereocenters. The second-order valence-electron chi connectivity index (χ2n) is 6.63. The zero-order chi connectivity index (χ0) is 16.4. The molecule has 1 fully saturated rings. The van der Waals surface area contributed by atoms with Gasteiger partial charge in [0, 0.05) is 17.5 Å². The maximum absolute atomic E-state index is 12.4. The van der Waals surface area contributed by atoms with Crippen LogP contribution in [0, 0.1) is 13.8 Å². The summed E-state index contributed by atoms with van der Waals surface area (Å²) in [5.41, 5.74) is 2.74. The van der Waals surface area contributed by atoms with Crippen LogP contribution in [0.5, 0.6) is 0 Å². The number of pyridine rings is 1. The number of hydrogen-bond acceptors (Lipinski definition) is 2. The Bertz CT molecular complexity index is 786. The number of carbonyl (C=O) groups is 1. The van der Waals surface area contributed by atoms with Crippen LogP contribution in [0.2, 0.25) is 0 Å². The second-order valence-corrected chi connectivity index (χ2v) is 6.63. The first-order valence-corrected chi connectivity index (χ1v) is 8.45. The lowest BCUT2D eigenvalue weighted by Gasteiger charge is -2.23. The minimum Gasteiger partial charge on any atom is -0.352 e. The summed E-state index contributed by atoms with van der Waals surface area (Å²) in [4.78, 5) is 24.8. The summed E-state index contributed by atoms with van der Waals surface area (Å²) in [5, 5.41) is 4.13. The van der Waals surface area contributed by atoms with Gasteiger partial charge in [0.2, 0.25) is 5.91 Å². The smallest absolute Gasteiger partial charge is 0.251 e. The molecular formula is C19H24N2O2. The first kappa shape index (κ1) is 15.8. The van der Waals surface area contributed by atoms with Gasteiger partial charge < -0.3 is 5.32 Å². The van der Waals surface area contributed by atoms with Gasteiger partial charge in [-0.15, -0.1) is 0 Å². The van der Waals surface area contributed by atoms with E-state index in [0.717, 1.165) is 34.9 Å². The van der Waals surface area contributed by atoms with E-state index in [1.165, 1.54) is 19.3 Å². The van der Waals surface area contributed by atoms with E-state index in [1.807, 2.05) is 32.0 Å². The Labute approximate surface area is 136 Å². The maximum atomic E-state index is 12.4. The summed E-state index contributed by atoms with van der Waals surface area (Å²) in [6, 6.07) is 7.87. The predicted octanol–water partition coefficient (Wildman–Crippen LogP) is 3.07. The fourth-order valence-electron chi connectivity index (χ4n) is 3.61. The van der Waals surface area contributed by atoms with Gasteiger partial charge in [0.15, 0.2) is 0 Å². The van der Waals surface area contributed by atoms with Gasteiger partial charge in [-0.25, -0.2) is 0 Å². The number of rotatable bonds is 3. The third-order valence-electron chi connectivity index (χ3n) is 4.81. The topological polar surface area (TPSA) is 51.1 Å². The molecule has 0 saturated heterocycles. The lowest BCUT2D eigenvalue weighted by molar-refractivity contribution is -0.122. The summed E-state index contributed by atoms with van der Waals surface area (Å²) in [7, 11) is 0. The van der Waals surface area contributed by atoms with Crippen molar-refractivity contribution in [1.29, 1.82) is 0 Å². The molecule has 0 radical (unpaired) electrons. The summed E-state index contributed by atoms with van der Waals surface area (Å²) >= 11 is 0. The standard InChI is InChI=1S/C19H24N2O2/c1-13-7-6-10-16-14(2)11-18(23)21(19(13)16)12-17(22)20-15-8-4-3-5-9-15/h6-7,10-11,15H,3-5,8-9,12H2,1-2H3,(H,20,22). The minimum absolute atomic E-state index is 0.0626. The molecule has 0 aliphatic heterocycles. The van der Waals surface area contributed by atoms with E-state index in [-0.39, 0.29) is 24.1 Å². The van der Waals surface area contributed by atoms with Crippen molar-refractivity contribution in [2.45, 2.75) is 58.5 Å². The van der Waals surface area contributed by atoms with E-state index < -0.39 is 0 Å². The Balaban J connectivity index is 1.90. The highest BCUT2D eigenvalue weighted by Gasteiger charge is 2.17. The van der Waals surface area contributed by atoms with Gasteiger partial charge in [-0.1, -0.05) is 37.5 Å². The van der Waals surface area contributed by atoms with E-state index in [4.69, 9.17) is 0 Å². The fraction of sp³-hybridized carbons (Fsp3) is 0.474. The molecule has 23 heavy (non-hydrogen) atoms. The van der Waals surface area contributed by atoms with Gasteiger partial charge >= 0.3 is 0 Å². The van der Waals surface area contributed by atoms with Crippen molar-refractivity contribution in [3.63, 3.8) is 0 Å². The number of para-hydroxylation sites is 1. The van der Waals surface area contributed by atoms with E-state index in [0.29, 0.717) is 0 Å². The largest absolute Gasteiger partial charge is 0.352 e. The van der Waals surface area contributed by atoms with Gasteiger partial charge in [-0.3, -0.25) is 14.2 Å². The number of benzene rings is 1. The van der Waals surface area contributed by atoms with Gasteiger partial charge in [0.05, 0.1) is 5.52 Å². The van der Waals surface area contributed by atoms with Crippen LogP contribution in [-0.2, 0) is 11.3 Å². The average Bonchev–Trinajstić information content (AvgIpc) is 2.52. The van der Waals surface area contributed by atoms with Gasteiger partial charge in [-0.05, 0) is 37.8 Å². The first-order valence-electron chi connectivity index (χ1n) is 8.45. The molecule has 4 nitrogen and oxygen atoms in total. The van der Waals surface area contributed by atoms with Crippen LogP contribution < -0.4 is 10.9 Å². The minimum atomic E-state index is -0.108.